The van der Waals surface area contributed by atoms with Crippen LogP contribution in [0.4, 0.5) is 22.0 Å². The summed E-state index contributed by atoms with van der Waals surface area (Å²) in [5.41, 5.74) is 2.81. The van der Waals surface area contributed by atoms with E-state index in [1.165, 1.54) is 14.2 Å². The molecule has 2 amide bonds. The molecule has 0 unspecified atom stereocenters. The maximum Gasteiger partial charge on any atom is 0.323 e. The Morgan fingerprint density at radius 3 is 2.09 bits per heavy atom. The third-order valence-electron chi connectivity index (χ3n) is 5.58. The van der Waals surface area contributed by atoms with Gasteiger partial charge in [0.25, 0.3) is 0 Å². The number of likely N-dealkylation sites (N-methyl/N-ethyl adjacent to an activating group) is 1. The zero-order chi connectivity index (χ0) is 23.2. The molecule has 1 fully saturated rings. The first-order valence-corrected chi connectivity index (χ1v) is 10.7. The molecule has 172 valence electrons. The molecule has 1 aliphatic rings. The Labute approximate surface area is 193 Å². The van der Waals surface area contributed by atoms with Crippen LogP contribution in [0.25, 0.3) is 11.3 Å². The largest absolute Gasteiger partial charge is 0.494 e. The number of urea groups is 1. The van der Waals surface area contributed by atoms with Gasteiger partial charge < -0.3 is 29.9 Å². The molecule has 2 heterocycles. The Kier molecular flexibility index (Phi) is 6.89. The molecule has 0 aliphatic carbocycles. The van der Waals surface area contributed by atoms with Crippen molar-refractivity contribution in [2.75, 3.05) is 63.0 Å². The number of nitrogens with zero attached hydrogens (tertiary/aromatic N) is 4. The number of nitrogens with one attached hydrogen (secondary N) is 2. The molecule has 9 heteroatoms. The van der Waals surface area contributed by atoms with Crippen LogP contribution in [-0.2, 0) is 0 Å². The number of piperazine rings is 1. The van der Waals surface area contributed by atoms with Crippen LogP contribution in [0.1, 0.15) is 0 Å². The molecule has 1 aromatic heterocycles. The minimum Gasteiger partial charge on any atom is -0.494 e. The van der Waals surface area contributed by atoms with Crippen LogP contribution in [0, 0.1) is 0 Å². The summed E-state index contributed by atoms with van der Waals surface area (Å²) in [6, 6.07) is 16.3. The highest BCUT2D eigenvalue weighted by molar-refractivity contribution is 6.01. The number of carbonyl (C=O) groups is 1. The number of carbonyl (C=O) groups excluding carboxylic acids is 1. The van der Waals surface area contributed by atoms with Crippen LogP contribution in [-0.4, -0.2) is 68.6 Å². The van der Waals surface area contributed by atoms with E-state index in [0.29, 0.717) is 22.9 Å². The molecule has 9 nitrogen and oxygen atoms in total. The zero-order valence-corrected chi connectivity index (χ0v) is 19.0. The van der Waals surface area contributed by atoms with E-state index in [2.05, 4.69) is 37.7 Å². The Balaban J connectivity index is 1.39. The second-order valence-electron chi connectivity index (χ2n) is 7.76. The highest BCUT2D eigenvalue weighted by atomic mass is 16.5. The summed E-state index contributed by atoms with van der Waals surface area (Å²) in [7, 11) is 5.21. The van der Waals surface area contributed by atoms with Crippen molar-refractivity contribution in [2.45, 2.75) is 0 Å². The third-order valence-corrected chi connectivity index (χ3v) is 5.58. The van der Waals surface area contributed by atoms with Gasteiger partial charge in [0.05, 0.1) is 19.9 Å². The molecule has 0 atom stereocenters. The number of amides is 2. The number of ether oxygens (including phenoxy) is 2. The van der Waals surface area contributed by atoms with Crippen molar-refractivity contribution >= 4 is 23.2 Å². The maximum atomic E-state index is 12.5. The van der Waals surface area contributed by atoms with Gasteiger partial charge in [0.2, 0.25) is 0 Å². The summed E-state index contributed by atoms with van der Waals surface area (Å²) >= 11 is 0. The fourth-order valence-corrected chi connectivity index (χ4v) is 3.66. The molecule has 0 saturated carbocycles. The van der Waals surface area contributed by atoms with E-state index in [9.17, 15) is 4.79 Å². The predicted molar refractivity (Wildman–Crippen MR) is 129 cm³/mol. The molecular formula is C24H28N6O3. The molecule has 1 saturated heterocycles. The topological polar surface area (TPSA) is 91.9 Å². The number of aromatic nitrogens is 2. The molecule has 0 radical (unpaired) electrons. The van der Waals surface area contributed by atoms with Gasteiger partial charge in [0, 0.05) is 37.4 Å². The van der Waals surface area contributed by atoms with E-state index in [-0.39, 0.29) is 0 Å². The van der Waals surface area contributed by atoms with Gasteiger partial charge >= 0.3 is 6.03 Å². The Morgan fingerprint density at radius 1 is 0.848 bits per heavy atom. The molecule has 0 bridgehead atoms. The monoisotopic (exact) mass is 448 g/mol. The highest BCUT2D eigenvalue weighted by Crippen LogP contribution is 2.34. The summed E-state index contributed by atoms with van der Waals surface area (Å²) in [5.74, 6) is 1.92. The van der Waals surface area contributed by atoms with Crippen molar-refractivity contribution in [3.8, 4) is 22.8 Å². The van der Waals surface area contributed by atoms with Crippen molar-refractivity contribution in [3.63, 3.8) is 0 Å². The number of para-hydroxylation sites is 1. The lowest BCUT2D eigenvalue weighted by atomic mass is 10.1. The molecule has 3 aromatic rings. The van der Waals surface area contributed by atoms with Gasteiger partial charge in [-0.05, 0) is 43.4 Å². The van der Waals surface area contributed by atoms with Crippen molar-refractivity contribution < 1.29 is 14.3 Å². The molecular weight excluding hydrogens is 420 g/mol. The van der Waals surface area contributed by atoms with Gasteiger partial charge in [-0.1, -0.05) is 18.2 Å². The quantitative estimate of drug-likeness (QED) is 0.596. The van der Waals surface area contributed by atoms with Crippen LogP contribution >= 0.6 is 0 Å². The van der Waals surface area contributed by atoms with E-state index in [1.54, 1.807) is 18.2 Å². The van der Waals surface area contributed by atoms with E-state index < -0.39 is 6.03 Å². The molecule has 2 aromatic carbocycles. The van der Waals surface area contributed by atoms with Gasteiger partial charge in [-0.15, -0.1) is 10.2 Å². The van der Waals surface area contributed by atoms with Gasteiger partial charge in [-0.2, -0.15) is 0 Å². The highest BCUT2D eigenvalue weighted by Gasteiger charge is 2.16. The van der Waals surface area contributed by atoms with E-state index in [4.69, 9.17) is 9.47 Å². The molecule has 33 heavy (non-hydrogen) atoms. The number of hydrogen-bond donors (Lipinski definition) is 2. The van der Waals surface area contributed by atoms with Gasteiger partial charge in [0.15, 0.2) is 5.82 Å². The van der Waals surface area contributed by atoms with E-state index in [0.717, 1.165) is 43.3 Å². The Morgan fingerprint density at radius 2 is 1.52 bits per heavy atom. The first-order chi connectivity index (χ1) is 16.1. The maximum absolute atomic E-state index is 12.5. The Hall–Kier alpha value is -3.85. The number of rotatable bonds is 6. The zero-order valence-electron chi connectivity index (χ0n) is 19.0. The van der Waals surface area contributed by atoms with Crippen LogP contribution in [0.5, 0.6) is 11.5 Å². The van der Waals surface area contributed by atoms with E-state index >= 15 is 0 Å². The lowest BCUT2D eigenvalue weighted by Crippen LogP contribution is -2.44. The SMILES string of the molecule is COc1cccc(OC)c1NC(=O)Nc1ccc(-c2ccc(N3CCN(C)CC3)nn2)cc1. The van der Waals surface area contributed by atoms with Crippen LogP contribution in [0.3, 0.4) is 0 Å². The smallest absolute Gasteiger partial charge is 0.323 e. The normalized spacial score (nSPS) is 14.0. The summed E-state index contributed by atoms with van der Waals surface area (Å²) in [6.45, 7) is 3.95. The van der Waals surface area contributed by atoms with Crippen LogP contribution in [0.15, 0.2) is 54.6 Å². The van der Waals surface area contributed by atoms with Crippen molar-refractivity contribution in [1.29, 1.82) is 0 Å². The lowest BCUT2D eigenvalue weighted by molar-refractivity contribution is 0.262. The molecule has 1 aliphatic heterocycles. The number of benzene rings is 2. The number of anilines is 3. The van der Waals surface area contributed by atoms with Gasteiger partial charge in [-0.25, -0.2) is 4.79 Å². The lowest BCUT2D eigenvalue weighted by Gasteiger charge is -2.32. The average Bonchev–Trinajstić information content (AvgIpc) is 2.85. The predicted octanol–water partition coefficient (Wildman–Crippen LogP) is 3.56. The standard InChI is InChI=1S/C24H28N6O3/c1-29-13-15-30(16-14-29)22-12-11-19(27-28-22)17-7-9-18(10-8-17)25-24(31)26-23-20(32-2)5-4-6-21(23)33-3/h4-12H,13-16H2,1-3H3,(H2,25,26,31). The van der Waals surface area contributed by atoms with Gasteiger partial charge in [0.1, 0.15) is 17.2 Å². The number of methoxy groups -OCH3 is 2. The number of hydrogen-bond acceptors (Lipinski definition) is 7. The first-order valence-electron chi connectivity index (χ1n) is 10.7. The summed E-state index contributed by atoms with van der Waals surface area (Å²) in [5, 5.41) is 14.4. The summed E-state index contributed by atoms with van der Waals surface area (Å²) in [4.78, 5) is 17.1. The van der Waals surface area contributed by atoms with Crippen molar-refractivity contribution in [1.82, 2.24) is 15.1 Å². The second kappa shape index (κ2) is 10.2. The fraction of sp³-hybridized carbons (Fsp3) is 0.292. The van der Waals surface area contributed by atoms with Crippen LogP contribution in [0.2, 0.25) is 0 Å². The Bertz CT molecular complexity index is 1060. The van der Waals surface area contributed by atoms with Crippen molar-refractivity contribution in [2.24, 2.45) is 0 Å². The minimum atomic E-state index is -0.401. The summed E-state index contributed by atoms with van der Waals surface area (Å²) < 4.78 is 10.6. The van der Waals surface area contributed by atoms with Crippen molar-refractivity contribution in [3.05, 3.63) is 54.6 Å². The minimum absolute atomic E-state index is 0.401. The second-order valence-corrected chi connectivity index (χ2v) is 7.76. The molecule has 4 rings (SSSR count). The van der Waals surface area contributed by atoms with E-state index in [1.807, 2.05) is 36.4 Å². The molecule has 2 N–H and O–H groups in total. The summed E-state index contributed by atoms with van der Waals surface area (Å²) in [6.07, 6.45) is 0. The third kappa shape index (κ3) is 5.32. The average molecular weight is 449 g/mol. The first kappa shape index (κ1) is 22.3. The fourth-order valence-electron chi connectivity index (χ4n) is 3.66. The molecule has 0 spiro atoms. The van der Waals surface area contributed by atoms with Gasteiger partial charge in [-0.3, -0.25) is 0 Å². The van der Waals surface area contributed by atoms with Crippen LogP contribution < -0.4 is 25.0 Å².